The van der Waals surface area contributed by atoms with Crippen LogP contribution in [0.3, 0.4) is 0 Å². The Balaban J connectivity index is 1.43. The van der Waals surface area contributed by atoms with Gasteiger partial charge in [-0.25, -0.2) is 9.18 Å². The van der Waals surface area contributed by atoms with Crippen molar-refractivity contribution in [1.82, 2.24) is 5.32 Å². The molecule has 0 aliphatic carbocycles. The highest BCUT2D eigenvalue weighted by Gasteiger charge is 2.21. The number of carbonyl (C=O) groups excluding carboxylic acids is 2. The molecule has 0 unspecified atom stereocenters. The molecular weight excluding hydrogens is 357 g/mol. The maximum absolute atomic E-state index is 13.6. The summed E-state index contributed by atoms with van der Waals surface area (Å²) in [5, 5.41) is 2.60. The van der Waals surface area contributed by atoms with Gasteiger partial charge >= 0.3 is 5.97 Å². The topological polar surface area (TPSA) is 83.1 Å². The van der Waals surface area contributed by atoms with Crippen LogP contribution in [0.15, 0.2) is 42.5 Å². The van der Waals surface area contributed by atoms with Crippen molar-refractivity contribution in [2.24, 2.45) is 0 Å². The van der Waals surface area contributed by atoms with Crippen LogP contribution in [0.2, 0.25) is 0 Å². The van der Waals surface area contributed by atoms with Crippen molar-refractivity contribution < 1.29 is 32.9 Å². The minimum atomic E-state index is -0.808. The number of benzene rings is 2. The SMILES string of the molecule is COc1ccc(C(=O)OCC(=O)NC[C@@H]2COc3ccccc3O2)cc1F. The summed E-state index contributed by atoms with van der Waals surface area (Å²) in [5.41, 5.74) is -0.0123. The van der Waals surface area contributed by atoms with Crippen LogP contribution in [0.1, 0.15) is 10.4 Å². The predicted octanol–water partition coefficient (Wildman–Crippen LogP) is 1.95. The Bertz CT molecular complexity index is 841. The third kappa shape index (κ3) is 4.66. The number of esters is 1. The number of hydrogen-bond donors (Lipinski definition) is 1. The number of ether oxygens (including phenoxy) is 4. The second-order valence-electron chi connectivity index (χ2n) is 5.73. The smallest absolute Gasteiger partial charge is 0.338 e. The molecule has 2 aromatic rings. The van der Waals surface area contributed by atoms with E-state index >= 15 is 0 Å². The van der Waals surface area contributed by atoms with Crippen molar-refractivity contribution in [1.29, 1.82) is 0 Å². The second kappa shape index (κ2) is 8.39. The molecule has 0 saturated carbocycles. The van der Waals surface area contributed by atoms with E-state index in [-0.39, 0.29) is 24.0 Å². The number of hydrogen-bond acceptors (Lipinski definition) is 6. The maximum atomic E-state index is 13.6. The number of fused-ring (bicyclic) bond motifs is 1. The van der Waals surface area contributed by atoms with E-state index in [4.69, 9.17) is 18.9 Å². The summed E-state index contributed by atoms with van der Waals surface area (Å²) in [6, 6.07) is 10.9. The Hall–Kier alpha value is -3.29. The largest absolute Gasteiger partial charge is 0.494 e. The molecular formula is C19H18FNO6. The van der Waals surface area contributed by atoms with Gasteiger partial charge in [-0.3, -0.25) is 4.79 Å². The van der Waals surface area contributed by atoms with Crippen molar-refractivity contribution in [3.05, 3.63) is 53.8 Å². The molecule has 1 aliphatic heterocycles. The highest BCUT2D eigenvalue weighted by molar-refractivity contribution is 5.91. The molecule has 0 aromatic heterocycles. The molecule has 7 nitrogen and oxygen atoms in total. The van der Waals surface area contributed by atoms with Gasteiger partial charge in [-0.15, -0.1) is 0 Å². The minimum Gasteiger partial charge on any atom is -0.494 e. The zero-order chi connectivity index (χ0) is 19.2. The first-order chi connectivity index (χ1) is 13.1. The first kappa shape index (κ1) is 18.5. The lowest BCUT2D eigenvalue weighted by Crippen LogP contribution is -2.42. The Morgan fingerprint density at radius 1 is 1.22 bits per heavy atom. The van der Waals surface area contributed by atoms with Crippen molar-refractivity contribution in [2.45, 2.75) is 6.10 Å². The minimum absolute atomic E-state index is 0.0123. The Kier molecular flexibility index (Phi) is 5.75. The van der Waals surface area contributed by atoms with Crippen molar-refractivity contribution in [3.8, 4) is 17.2 Å². The van der Waals surface area contributed by atoms with Crippen LogP contribution < -0.4 is 19.5 Å². The zero-order valence-corrected chi connectivity index (χ0v) is 14.6. The van der Waals surface area contributed by atoms with E-state index in [0.717, 1.165) is 6.07 Å². The normalized spacial score (nSPS) is 15.0. The molecule has 1 aliphatic rings. The molecule has 8 heteroatoms. The first-order valence-corrected chi connectivity index (χ1v) is 8.22. The third-order valence-electron chi connectivity index (χ3n) is 3.82. The van der Waals surface area contributed by atoms with E-state index in [0.29, 0.717) is 18.1 Å². The van der Waals surface area contributed by atoms with Crippen LogP contribution >= 0.6 is 0 Å². The fraction of sp³-hybridized carbons (Fsp3) is 0.263. The van der Waals surface area contributed by atoms with Crippen molar-refractivity contribution in [3.63, 3.8) is 0 Å². The summed E-state index contributed by atoms with van der Waals surface area (Å²) in [7, 11) is 1.32. The standard InChI is InChI=1S/C19H18FNO6/c1-24-15-7-6-12(8-14(15)20)19(23)26-11-18(22)21-9-13-10-25-16-4-2-3-5-17(16)27-13/h2-8,13H,9-11H2,1H3,(H,21,22)/t13-/m1/s1. The van der Waals surface area contributed by atoms with Gasteiger partial charge in [0, 0.05) is 0 Å². The second-order valence-corrected chi connectivity index (χ2v) is 5.73. The number of amides is 1. The lowest BCUT2D eigenvalue weighted by molar-refractivity contribution is -0.124. The zero-order valence-electron chi connectivity index (χ0n) is 14.6. The molecule has 0 fully saturated rings. The van der Waals surface area contributed by atoms with Gasteiger partial charge in [0.25, 0.3) is 5.91 Å². The van der Waals surface area contributed by atoms with Gasteiger partial charge in [-0.05, 0) is 30.3 Å². The fourth-order valence-electron chi connectivity index (χ4n) is 2.45. The number of nitrogens with one attached hydrogen (secondary N) is 1. The number of carbonyl (C=O) groups is 2. The average molecular weight is 375 g/mol. The summed E-state index contributed by atoms with van der Waals surface area (Å²) >= 11 is 0. The van der Waals surface area contributed by atoms with Crippen LogP contribution in [-0.2, 0) is 9.53 Å². The Labute approximate surface area is 155 Å². The maximum Gasteiger partial charge on any atom is 0.338 e. The van der Waals surface area contributed by atoms with Crippen LogP contribution in [0.25, 0.3) is 0 Å². The van der Waals surface area contributed by atoms with Gasteiger partial charge in [0.05, 0.1) is 19.2 Å². The number of para-hydroxylation sites is 2. The number of methoxy groups -OCH3 is 1. The molecule has 2 aromatic carbocycles. The fourth-order valence-corrected chi connectivity index (χ4v) is 2.45. The lowest BCUT2D eigenvalue weighted by Gasteiger charge is -2.26. The van der Waals surface area contributed by atoms with E-state index in [9.17, 15) is 14.0 Å². The van der Waals surface area contributed by atoms with Crippen molar-refractivity contribution in [2.75, 3.05) is 26.9 Å². The summed E-state index contributed by atoms with van der Waals surface area (Å²) in [4.78, 5) is 23.7. The summed E-state index contributed by atoms with van der Waals surface area (Å²) < 4.78 is 34.5. The van der Waals surface area contributed by atoms with E-state index in [1.165, 1.54) is 19.2 Å². The van der Waals surface area contributed by atoms with E-state index in [1.807, 2.05) is 12.1 Å². The monoisotopic (exact) mass is 375 g/mol. The van der Waals surface area contributed by atoms with E-state index < -0.39 is 24.3 Å². The molecule has 1 N–H and O–H groups in total. The average Bonchev–Trinajstić information content (AvgIpc) is 2.70. The predicted molar refractivity (Wildman–Crippen MR) is 92.6 cm³/mol. The third-order valence-corrected chi connectivity index (χ3v) is 3.82. The van der Waals surface area contributed by atoms with Crippen LogP contribution in [0.4, 0.5) is 4.39 Å². The molecule has 1 amide bonds. The highest BCUT2D eigenvalue weighted by atomic mass is 19.1. The molecule has 0 radical (unpaired) electrons. The molecule has 1 atom stereocenters. The molecule has 1 heterocycles. The van der Waals surface area contributed by atoms with Gasteiger partial charge in [-0.2, -0.15) is 0 Å². The summed E-state index contributed by atoms with van der Waals surface area (Å²) in [5.74, 6) is -0.721. The van der Waals surface area contributed by atoms with E-state index in [2.05, 4.69) is 5.32 Å². The van der Waals surface area contributed by atoms with Crippen LogP contribution in [0.5, 0.6) is 17.2 Å². The van der Waals surface area contributed by atoms with Gasteiger partial charge in [0.15, 0.2) is 29.7 Å². The van der Waals surface area contributed by atoms with E-state index in [1.54, 1.807) is 12.1 Å². The van der Waals surface area contributed by atoms with Gasteiger partial charge in [0.2, 0.25) is 0 Å². The highest BCUT2D eigenvalue weighted by Crippen LogP contribution is 2.30. The molecule has 3 rings (SSSR count). The molecule has 0 bridgehead atoms. The molecule has 27 heavy (non-hydrogen) atoms. The van der Waals surface area contributed by atoms with Gasteiger partial charge in [0.1, 0.15) is 12.7 Å². The molecule has 0 spiro atoms. The van der Waals surface area contributed by atoms with Crippen molar-refractivity contribution >= 4 is 11.9 Å². The van der Waals surface area contributed by atoms with Crippen LogP contribution in [0, 0.1) is 5.82 Å². The first-order valence-electron chi connectivity index (χ1n) is 8.22. The molecule has 142 valence electrons. The van der Waals surface area contributed by atoms with Crippen LogP contribution in [-0.4, -0.2) is 44.8 Å². The quantitative estimate of drug-likeness (QED) is 0.777. The molecule has 0 saturated heterocycles. The summed E-state index contributed by atoms with van der Waals surface area (Å²) in [6.45, 7) is 0.000728. The number of rotatable bonds is 6. The number of halogens is 1. The van der Waals surface area contributed by atoms with Gasteiger partial charge in [-0.1, -0.05) is 12.1 Å². The Morgan fingerprint density at radius 2 is 2.00 bits per heavy atom. The van der Waals surface area contributed by atoms with Gasteiger partial charge < -0.3 is 24.3 Å². The lowest BCUT2D eigenvalue weighted by atomic mass is 10.2. The summed E-state index contributed by atoms with van der Waals surface area (Å²) in [6.07, 6.45) is -0.352. The Morgan fingerprint density at radius 3 is 2.74 bits per heavy atom.